The van der Waals surface area contributed by atoms with Crippen LogP contribution in [-0.4, -0.2) is 45.7 Å². The normalized spacial score (nSPS) is 23.1. The Bertz CT molecular complexity index is 489. The molecule has 1 heterocycles. The summed E-state index contributed by atoms with van der Waals surface area (Å²) in [5, 5.41) is 18.5. The Kier molecular flexibility index (Phi) is 3.20. The van der Waals surface area contributed by atoms with Crippen LogP contribution >= 0.6 is 0 Å². The number of β-amino-alcohol motifs (C(OH)–C–C–N with tert-alkyl or cyclic N) is 1. The monoisotopic (exact) mass is 250 g/mol. The van der Waals surface area contributed by atoms with Crippen molar-refractivity contribution < 1.29 is 19.8 Å². The summed E-state index contributed by atoms with van der Waals surface area (Å²) in [6, 6.07) is 5.36. The Morgan fingerprint density at radius 1 is 1.39 bits per heavy atom. The minimum absolute atomic E-state index is 0.0323. The Hall–Kier alpha value is -2.08. The van der Waals surface area contributed by atoms with Crippen molar-refractivity contribution in [2.45, 2.75) is 18.6 Å². The summed E-state index contributed by atoms with van der Waals surface area (Å²) in [6.45, 7) is 0.0323. The number of rotatable bonds is 2. The van der Waals surface area contributed by atoms with Crippen LogP contribution in [0.3, 0.4) is 0 Å². The number of anilines is 1. The maximum Gasteiger partial charge on any atom is 0.326 e. The molecule has 0 spiro atoms. The quantitative estimate of drug-likeness (QED) is 0.637. The lowest BCUT2D eigenvalue weighted by Crippen LogP contribution is -2.40. The minimum atomic E-state index is -1.11. The minimum Gasteiger partial charge on any atom is -0.480 e. The number of hydrogen-bond acceptors (Lipinski definition) is 4. The van der Waals surface area contributed by atoms with E-state index in [1.165, 1.54) is 11.0 Å². The number of carbonyl (C=O) groups excluding carboxylic acids is 1. The topological polar surface area (TPSA) is 104 Å². The van der Waals surface area contributed by atoms with Crippen LogP contribution in [0.1, 0.15) is 16.8 Å². The second-order valence-electron chi connectivity index (χ2n) is 4.33. The van der Waals surface area contributed by atoms with Crippen molar-refractivity contribution in [1.29, 1.82) is 0 Å². The zero-order valence-corrected chi connectivity index (χ0v) is 9.61. The standard InChI is InChI=1S/C12H14N2O4/c13-8-3-1-2-7(4-8)11(16)14-6-9(15)5-10(14)12(17)18/h1-4,9-10,15H,5-6,13H2,(H,17,18)/t9?,10-/m0/s1. The molecule has 1 unspecified atom stereocenters. The van der Waals surface area contributed by atoms with Crippen LogP contribution in [0, 0.1) is 0 Å². The number of amides is 1. The number of carboxylic acids is 1. The maximum absolute atomic E-state index is 12.2. The molecule has 0 bridgehead atoms. The van der Waals surface area contributed by atoms with Crippen molar-refractivity contribution in [2.75, 3.05) is 12.3 Å². The lowest BCUT2D eigenvalue weighted by Gasteiger charge is -2.21. The maximum atomic E-state index is 12.2. The molecular formula is C12H14N2O4. The van der Waals surface area contributed by atoms with Crippen LogP contribution in [0.2, 0.25) is 0 Å². The highest BCUT2D eigenvalue weighted by molar-refractivity contribution is 5.97. The Morgan fingerprint density at radius 2 is 2.11 bits per heavy atom. The van der Waals surface area contributed by atoms with Crippen LogP contribution in [-0.2, 0) is 4.79 Å². The number of aliphatic hydroxyl groups is 1. The fourth-order valence-corrected chi connectivity index (χ4v) is 2.11. The van der Waals surface area contributed by atoms with Gasteiger partial charge in [0, 0.05) is 24.2 Å². The largest absolute Gasteiger partial charge is 0.480 e. The van der Waals surface area contributed by atoms with Crippen LogP contribution < -0.4 is 5.73 Å². The van der Waals surface area contributed by atoms with E-state index in [2.05, 4.69) is 0 Å². The summed E-state index contributed by atoms with van der Waals surface area (Å²) in [7, 11) is 0. The van der Waals surface area contributed by atoms with Gasteiger partial charge < -0.3 is 20.8 Å². The zero-order valence-electron chi connectivity index (χ0n) is 9.61. The average molecular weight is 250 g/mol. The van der Waals surface area contributed by atoms with Gasteiger partial charge in [0.15, 0.2) is 0 Å². The third-order valence-electron chi connectivity index (χ3n) is 2.96. The van der Waals surface area contributed by atoms with Crippen molar-refractivity contribution >= 4 is 17.6 Å². The molecule has 0 saturated carbocycles. The Labute approximate surface area is 104 Å². The third-order valence-corrected chi connectivity index (χ3v) is 2.96. The molecule has 4 N–H and O–H groups in total. The van der Waals surface area contributed by atoms with E-state index >= 15 is 0 Å². The molecule has 1 aromatic carbocycles. The van der Waals surface area contributed by atoms with Gasteiger partial charge in [0.2, 0.25) is 0 Å². The molecule has 2 atom stereocenters. The molecule has 1 fully saturated rings. The number of aliphatic hydroxyl groups excluding tert-OH is 1. The summed E-state index contributed by atoms with van der Waals surface area (Å²) in [6.07, 6.45) is -0.736. The first-order chi connectivity index (χ1) is 8.49. The summed E-state index contributed by atoms with van der Waals surface area (Å²) in [4.78, 5) is 24.4. The number of nitrogens with zero attached hydrogens (tertiary/aromatic N) is 1. The molecule has 0 radical (unpaired) electrons. The number of carboxylic acid groups (broad SMARTS) is 1. The predicted octanol–water partition coefficient (Wildman–Crippen LogP) is -0.0712. The van der Waals surface area contributed by atoms with Gasteiger partial charge in [-0.1, -0.05) is 6.07 Å². The fourth-order valence-electron chi connectivity index (χ4n) is 2.11. The molecule has 1 aliphatic rings. The van der Waals surface area contributed by atoms with Crippen molar-refractivity contribution in [2.24, 2.45) is 0 Å². The molecular weight excluding hydrogens is 236 g/mol. The molecule has 6 nitrogen and oxygen atoms in total. The van der Waals surface area contributed by atoms with E-state index in [4.69, 9.17) is 10.8 Å². The molecule has 1 aromatic rings. The van der Waals surface area contributed by atoms with Crippen molar-refractivity contribution in [3.63, 3.8) is 0 Å². The van der Waals surface area contributed by atoms with Gasteiger partial charge in [-0.2, -0.15) is 0 Å². The lowest BCUT2D eigenvalue weighted by molar-refractivity contribution is -0.141. The van der Waals surface area contributed by atoms with E-state index in [0.29, 0.717) is 11.3 Å². The number of benzene rings is 1. The summed E-state index contributed by atoms with van der Waals surface area (Å²) in [5.41, 5.74) is 6.35. The third kappa shape index (κ3) is 2.28. The molecule has 1 aliphatic heterocycles. The zero-order chi connectivity index (χ0) is 13.3. The van der Waals surface area contributed by atoms with Crippen LogP contribution in [0.5, 0.6) is 0 Å². The second-order valence-corrected chi connectivity index (χ2v) is 4.33. The summed E-state index contributed by atoms with van der Waals surface area (Å²) in [5.74, 6) is -1.53. The van der Waals surface area contributed by atoms with Gasteiger partial charge in [0.1, 0.15) is 6.04 Å². The SMILES string of the molecule is Nc1cccc(C(=O)N2CC(O)C[C@H]2C(=O)O)c1. The first kappa shape index (κ1) is 12.4. The highest BCUT2D eigenvalue weighted by Gasteiger charge is 2.39. The molecule has 1 amide bonds. The van der Waals surface area contributed by atoms with Crippen molar-refractivity contribution in [1.82, 2.24) is 4.90 Å². The molecule has 18 heavy (non-hydrogen) atoms. The number of likely N-dealkylation sites (tertiary alicyclic amines) is 1. The number of nitrogen functional groups attached to an aromatic ring is 1. The number of nitrogens with two attached hydrogens (primary N) is 1. The number of carbonyl (C=O) groups is 2. The van der Waals surface area contributed by atoms with Gasteiger partial charge in [-0.3, -0.25) is 4.79 Å². The van der Waals surface area contributed by atoms with Crippen molar-refractivity contribution in [3.05, 3.63) is 29.8 Å². The van der Waals surface area contributed by atoms with Gasteiger partial charge in [-0.25, -0.2) is 4.79 Å². The van der Waals surface area contributed by atoms with Gasteiger partial charge in [-0.05, 0) is 18.2 Å². The Balaban J connectivity index is 2.25. The fraction of sp³-hybridized carbons (Fsp3) is 0.333. The van der Waals surface area contributed by atoms with Crippen molar-refractivity contribution in [3.8, 4) is 0 Å². The van der Waals surface area contributed by atoms with Gasteiger partial charge in [0.25, 0.3) is 5.91 Å². The van der Waals surface area contributed by atoms with Gasteiger partial charge >= 0.3 is 5.97 Å². The van der Waals surface area contributed by atoms with E-state index in [1.807, 2.05) is 0 Å². The van der Waals surface area contributed by atoms with Crippen LogP contribution in [0.15, 0.2) is 24.3 Å². The molecule has 1 saturated heterocycles. The highest BCUT2D eigenvalue weighted by Crippen LogP contribution is 2.21. The van der Waals surface area contributed by atoms with E-state index in [0.717, 1.165) is 0 Å². The summed E-state index contributed by atoms with van der Waals surface area (Å²) >= 11 is 0. The first-order valence-electron chi connectivity index (χ1n) is 5.56. The number of aliphatic carboxylic acids is 1. The number of hydrogen-bond donors (Lipinski definition) is 3. The smallest absolute Gasteiger partial charge is 0.326 e. The molecule has 0 aromatic heterocycles. The van der Waals surface area contributed by atoms with Gasteiger partial charge in [-0.15, -0.1) is 0 Å². The van der Waals surface area contributed by atoms with Crippen LogP contribution in [0.4, 0.5) is 5.69 Å². The van der Waals surface area contributed by atoms with Gasteiger partial charge in [0.05, 0.1) is 6.10 Å². The average Bonchev–Trinajstić information content (AvgIpc) is 2.70. The Morgan fingerprint density at radius 3 is 2.72 bits per heavy atom. The summed E-state index contributed by atoms with van der Waals surface area (Å²) < 4.78 is 0. The molecule has 96 valence electrons. The molecule has 0 aliphatic carbocycles. The lowest BCUT2D eigenvalue weighted by atomic mass is 10.1. The van der Waals surface area contributed by atoms with E-state index in [1.54, 1.807) is 18.2 Å². The predicted molar refractivity (Wildman–Crippen MR) is 63.9 cm³/mol. The molecule has 6 heteroatoms. The first-order valence-corrected chi connectivity index (χ1v) is 5.56. The van der Waals surface area contributed by atoms with Crippen LogP contribution in [0.25, 0.3) is 0 Å². The van der Waals surface area contributed by atoms with E-state index in [-0.39, 0.29) is 13.0 Å². The van der Waals surface area contributed by atoms with E-state index < -0.39 is 24.0 Å². The second kappa shape index (κ2) is 4.66. The highest BCUT2D eigenvalue weighted by atomic mass is 16.4. The van der Waals surface area contributed by atoms with E-state index in [9.17, 15) is 14.7 Å². The molecule has 2 rings (SSSR count).